The Morgan fingerprint density at radius 3 is 3.18 bits per heavy atom. The summed E-state index contributed by atoms with van der Waals surface area (Å²) < 4.78 is 7.22. The third-order valence-corrected chi connectivity index (χ3v) is 3.38. The molecule has 1 N–H and O–H groups in total. The Bertz CT molecular complexity index is 416. The molecule has 0 bridgehead atoms. The Balaban J connectivity index is 2.29. The molecule has 92 valence electrons. The SMILES string of the molecule is CCn1cncc1C(O)C1(C#N)CCCOC1. The highest BCUT2D eigenvalue weighted by Gasteiger charge is 2.42. The molecule has 0 aliphatic carbocycles. The van der Waals surface area contributed by atoms with E-state index in [0.29, 0.717) is 25.3 Å². The molecule has 0 saturated carbocycles. The quantitative estimate of drug-likeness (QED) is 0.856. The van der Waals surface area contributed by atoms with Gasteiger partial charge in [0.05, 0.1) is 30.9 Å². The number of aliphatic hydroxyl groups is 1. The van der Waals surface area contributed by atoms with Gasteiger partial charge in [-0.2, -0.15) is 5.26 Å². The molecule has 5 heteroatoms. The Kier molecular flexibility index (Phi) is 3.46. The van der Waals surface area contributed by atoms with Crippen molar-refractivity contribution < 1.29 is 9.84 Å². The molecule has 0 spiro atoms. The van der Waals surface area contributed by atoms with Crippen molar-refractivity contribution in [3.05, 3.63) is 18.2 Å². The lowest BCUT2D eigenvalue weighted by Gasteiger charge is -2.34. The van der Waals surface area contributed by atoms with Gasteiger partial charge in [0.15, 0.2) is 0 Å². The molecular weight excluding hydrogens is 218 g/mol. The average molecular weight is 235 g/mol. The molecule has 1 aliphatic rings. The second-order valence-corrected chi connectivity index (χ2v) is 4.43. The molecule has 1 aliphatic heterocycles. The van der Waals surface area contributed by atoms with Crippen molar-refractivity contribution in [3.8, 4) is 6.07 Å². The first kappa shape index (κ1) is 12.1. The zero-order chi connectivity index (χ0) is 12.3. The van der Waals surface area contributed by atoms with E-state index < -0.39 is 11.5 Å². The van der Waals surface area contributed by atoms with Crippen LogP contribution in [0.25, 0.3) is 0 Å². The van der Waals surface area contributed by atoms with E-state index >= 15 is 0 Å². The normalized spacial score (nSPS) is 26.4. The third kappa shape index (κ3) is 2.06. The van der Waals surface area contributed by atoms with E-state index in [1.165, 1.54) is 0 Å². The van der Waals surface area contributed by atoms with E-state index in [-0.39, 0.29) is 0 Å². The number of aromatic nitrogens is 2. The summed E-state index contributed by atoms with van der Waals surface area (Å²) >= 11 is 0. The summed E-state index contributed by atoms with van der Waals surface area (Å²) in [5, 5.41) is 19.8. The van der Waals surface area contributed by atoms with Gasteiger partial charge in [0.1, 0.15) is 11.5 Å². The number of hydrogen-bond acceptors (Lipinski definition) is 4. The zero-order valence-electron chi connectivity index (χ0n) is 9.96. The molecule has 2 unspecified atom stereocenters. The fourth-order valence-electron chi connectivity index (χ4n) is 2.29. The number of hydrogen-bond donors (Lipinski definition) is 1. The van der Waals surface area contributed by atoms with Crippen LogP contribution in [0.4, 0.5) is 0 Å². The van der Waals surface area contributed by atoms with Crippen molar-refractivity contribution in [1.82, 2.24) is 9.55 Å². The van der Waals surface area contributed by atoms with Gasteiger partial charge >= 0.3 is 0 Å². The number of imidazole rings is 1. The van der Waals surface area contributed by atoms with Crippen molar-refractivity contribution in [2.75, 3.05) is 13.2 Å². The van der Waals surface area contributed by atoms with Crippen LogP contribution in [0.3, 0.4) is 0 Å². The molecule has 1 aromatic rings. The maximum Gasteiger partial charge on any atom is 0.116 e. The Labute approximate surface area is 101 Å². The second-order valence-electron chi connectivity index (χ2n) is 4.43. The minimum Gasteiger partial charge on any atom is -0.385 e. The molecule has 1 saturated heterocycles. The number of aryl methyl sites for hydroxylation is 1. The molecule has 5 nitrogen and oxygen atoms in total. The van der Waals surface area contributed by atoms with Crippen LogP contribution in [0.5, 0.6) is 0 Å². The van der Waals surface area contributed by atoms with Crippen LogP contribution < -0.4 is 0 Å². The third-order valence-electron chi connectivity index (χ3n) is 3.38. The van der Waals surface area contributed by atoms with Gasteiger partial charge < -0.3 is 14.4 Å². The van der Waals surface area contributed by atoms with Crippen LogP contribution in [-0.4, -0.2) is 27.9 Å². The van der Waals surface area contributed by atoms with Gasteiger partial charge in [-0.05, 0) is 19.8 Å². The minimum atomic E-state index is -0.838. The molecular formula is C12H17N3O2. The van der Waals surface area contributed by atoms with Crippen LogP contribution in [-0.2, 0) is 11.3 Å². The van der Waals surface area contributed by atoms with Gasteiger partial charge in [-0.15, -0.1) is 0 Å². The molecule has 17 heavy (non-hydrogen) atoms. The van der Waals surface area contributed by atoms with Gasteiger partial charge in [0, 0.05) is 13.2 Å². The van der Waals surface area contributed by atoms with E-state index in [9.17, 15) is 10.4 Å². The summed E-state index contributed by atoms with van der Waals surface area (Å²) in [7, 11) is 0. The van der Waals surface area contributed by atoms with Gasteiger partial charge in [-0.1, -0.05) is 0 Å². The van der Waals surface area contributed by atoms with Crippen LogP contribution in [0.1, 0.15) is 31.6 Å². The molecule has 2 atom stereocenters. The first-order valence-electron chi connectivity index (χ1n) is 5.90. The number of aliphatic hydroxyl groups excluding tert-OH is 1. The lowest BCUT2D eigenvalue weighted by molar-refractivity contribution is -0.0532. The van der Waals surface area contributed by atoms with E-state index in [0.717, 1.165) is 13.0 Å². The molecule has 2 heterocycles. The monoisotopic (exact) mass is 235 g/mol. The standard InChI is InChI=1S/C12H17N3O2/c1-2-15-9-14-6-10(15)11(16)12(7-13)4-3-5-17-8-12/h6,9,11,16H,2-5,8H2,1H3. The maximum absolute atomic E-state index is 10.4. The van der Waals surface area contributed by atoms with Crippen LogP contribution >= 0.6 is 0 Å². The summed E-state index contributed by atoms with van der Waals surface area (Å²) in [6.07, 6.45) is 3.94. The Morgan fingerprint density at radius 1 is 1.76 bits per heavy atom. The summed E-state index contributed by atoms with van der Waals surface area (Å²) in [5.74, 6) is 0. The fraction of sp³-hybridized carbons (Fsp3) is 0.667. The maximum atomic E-state index is 10.4. The predicted octanol–water partition coefficient (Wildman–Crippen LogP) is 1.26. The van der Waals surface area contributed by atoms with E-state index in [2.05, 4.69) is 11.1 Å². The molecule has 0 radical (unpaired) electrons. The van der Waals surface area contributed by atoms with Crippen LogP contribution in [0.2, 0.25) is 0 Å². The van der Waals surface area contributed by atoms with Gasteiger partial charge in [0.25, 0.3) is 0 Å². The Hall–Kier alpha value is -1.38. The largest absolute Gasteiger partial charge is 0.385 e. The molecule has 1 aromatic heterocycles. The first-order valence-corrected chi connectivity index (χ1v) is 5.90. The highest BCUT2D eigenvalue weighted by atomic mass is 16.5. The van der Waals surface area contributed by atoms with Crippen LogP contribution in [0, 0.1) is 16.7 Å². The number of ether oxygens (including phenoxy) is 1. The van der Waals surface area contributed by atoms with E-state index in [4.69, 9.17) is 4.74 Å². The summed E-state index contributed by atoms with van der Waals surface area (Å²) in [6.45, 7) is 3.67. The van der Waals surface area contributed by atoms with E-state index in [1.54, 1.807) is 12.5 Å². The lowest BCUT2D eigenvalue weighted by atomic mass is 9.77. The van der Waals surface area contributed by atoms with Crippen molar-refractivity contribution in [3.63, 3.8) is 0 Å². The molecule has 0 amide bonds. The minimum absolute atomic E-state index is 0.291. The summed E-state index contributed by atoms with van der Waals surface area (Å²) in [5.41, 5.74) is -0.134. The van der Waals surface area contributed by atoms with Gasteiger partial charge in [-0.25, -0.2) is 4.98 Å². The van der Waals surface area contributed by atoms with Crippen molar-refractivity contribution in [1.29, 1.82) is 5.26 Å². The number of nitriles is 1. The average Bonchev–Trinajstić information content (AvgIpc) is 2.86. The smallest absolute Gasteiger partial charge is 0.116 e. The van der Waals surface area contributed by atoms with Gasteiger partial charge in [0.2, 0.25) is 0 Å². The summed E-state index contributed by atoms with van der Waals surface area (Å²) in [4.78, 5) is 4.03. The second kappa shape index (κ2) is 4.86. The predicted molar refractivity (Wildman–Crippen MR) is 61.0 cm³/mol. The topological polar surface area (TPSA) is 71.1 Å². The molecule has 1 fully saturated rings. The fourth-order valence-corrected chi connectivity index (χ4v) is 2.29. The molecule has 2 rings (SSSR count). The number of rotatable bonds is 3. The van der Waals surface area contributed by atoms with E-state index in [1.807, 2.05) is 11.5 Å². The van der Waals surface area contributed by atoms with Crippen molar-refractivity contribution >= 4 is 0 Å². The zero-order valence-corrected chi connectivity index (χ0v) is 9.96. The van der Waals surface area contributed by atoms with Crippen molar-refractivity contribution in [2.24, 2.45) is 5.41 Å². The Morgan fingerprint density at radius 2 is 2.59 bits per heavy atom. The van der Waals surface area contributed by atoms with Crippen molar-refractivity contribution in [2.45, 2.75) is 32.4 Å². The molecule has 0 aromatic carbocycles. The lowest BCUT2D eigenvalue weighted by Crippen LogP contribution is -2.37. The van der Waals surface area contributed by atoms with Crippen LogP contribution in [0.15, 0.2) is 12.5 Å². The summed E-state index contributed by atoms with van der Waals surface area (Å²) in [6, 6.07) is 2.24. The number of nitrogens with zero attached hydrogens (tertiary/aromatic N) is 3. The first-order chi connectivity index (χ1) is 8.23. The highest BCUT2D eigenvalue weighted by Crippen LogP contribution is 2.40. The van der Waals surface area contributed by atoms with Gasteiger partial charge in [-0.3, -0.25) is 0 Å². The highest BCUT2D eigenvalue weighted by molar-refractivity contribution is 5.15.